The molecule has 118 valence electrons. The van der Waals surface area contributed by atoms with E-state index < -0.39 is 0 Å². The van der Waals surface area contributed by atoms with Gasteiger partial charge in [0.2, 0.25) is 5.13 Å². The van der Waals surface area contributed by atoms with Gasteiger partial charge in [0.15, 0.2) is 4.34 Å². The topological polar surface area (TPSA) is 37.8 Å². The molecule has 5 heteroatoms. The first-order chi connectivity index (χ1) is 11.3. The minimum absolute atomic E-state index is 0.848. The Hall–Kier alpha value is -1.85. The molecule has 0 saturated carbocycles. The molecule has 3 nitrogen and oxygen atoms in total. The highest BCUT2D eigenvalue weighted by molar-refractivity contribution is 8.01. The van der Waals surface area contributed by atoms with Gasteiger partial charge in [-0.3, -0.25) is 0 Å². The number of hydrogen-bond donors (Lipinski definition) is 1. The van der Waals surface area contributed by atoms with Crippen molar-refractivity contribution in [2.75, 3.05) is 11.1 Å². The van der Waals surface area contributed by atoms with Crippen LogP contribution in [0.2, 0.25) is 0 Å². The molecule has 1 N–H and O–H groups in total. The Kier molecular flexibility index (Phi) is 5.66. The average molecular weight is 342 g/mol. The van der Waals surface area contributed by atoms with Crippen LogP contribution in [0.1, 0.15) is 17.5 Å². The van der Waals surface area contributed by atoms with E-state index in [2.05, 4.69) is 64.9 Å². The summed E-state index contributed by atoms with van der Waals surface area (Å²) in [4.78, 5) is 0. The van der Waals surface area contributed by atoms with Crippen molar-refractivity contribution in [2.45, 2.75) is 24.1 Å². The molecule has 0 aliphatic heterocycles. The summed E-state index contributed by atoms with van der Waals surface area (Å²) >= 11 is 3.39. The highest BCUT2D eigenvalue weighted by Crippen LogP contribution is 2.28. The van der Waals surface area contributed by atoms with E-state index in [1.165, 1.54) is 11.1 Å². The Bertz CT molecular complexity index is 741. The van der Waals surface area contributed by atoms with E-state index in [1.807, 2.05) is 12.1 Å². The maximum Gasteiger partial charge on any atom is 0.210 e. The van der Waals surface area contributed by atoms with E-state index in [4.69, 9.17) is 0 Å². The number of nitrogens with zero attached hydrogens (tertiary/aromatic N) is 2. The first-order valence-corrected chi connectivity index (χ1v) is 9.44. The molecule has 0 spiro atoms. The van der Waals surface area contributed by atoms with E-state index >= 15 is 0 Å². The molecule has 0 amide bonds. The quantitative estimate of drug-likeness (QED) is 0.466. The van der Waals surface area contributed by atoms with E-state index in [0.717, 1.165) is 33.8 Å². The molecular weight excluding hydrogens is 322 g/mol. The van der Waals surface area contributed by atoms with Crippen LogP contribution in [0.5, 0.6) is 0 Å². The number of rotatable bonds is 7. The second-order valence-electron chi connectivity index (χ2n) is 5.31. The zero-order chi connectivity index (χ0) is 15.9. The van der Waals surface area contributed by atoms with Gasteiger partial charge in [0.25, 0.3) is 0 Å². The molecule has 0 fully saturated rings. The number of aromatic nitrogens is 2. The predicted molar refractivity (Wildman–Crippen MR) is 99.9 cm³/mol. The fraction of sp³-hybridized carbons (Fsp3) is 0.222. The molecular formula is C18H19N3S2. The van der Waals surface area contributed by atoms with Crippen molar-refractivity contribution in [1.82, 2.24) is 10.2 Å². The minimum Gasteiger partial charge on any atom is -0.330 e. The van der Waals surface area contributed by atoms with Crippen LogP contribution in [0.15, 0.2) is 58.9 Å². The summed E-state index contributed by atoms with van der Waals surface area (Å²) in [5.74, 6) is 1.06. The molecule has 1 heterocycles. The molecule has 0 atom stereocenters. The summed E-state index contributed by atoms with van der Waals surface area (Å²) < 4.78 is 1.02. The maximum absolute atomic E-state index is 4.25. The predicted octanol–water partition coefficient (Wildman–Crippen LogP) is 5.32. The SMILES string of the molecule is Cc1cccc(Nc2nnc(SCCCc3ccccc3)s2)c1. The van der Waals surface area contributed by atoms with Gasteiger partial charge in [-0.15, -0.1) is 10.2 Å². The largest absolute Gasteiger partial charge is 0.330 e. The van der Waals surface area contributed by atoms with Crippen molar-refractivity contribution in [3.63, 3.8) is 0 Å². The third-order valence-corrected chi connectivity index (χ3v) is 5.41. The fourth-order valence-electron chi connectivity index (χ4n) is 2.25. The summed E-state index contributed by atoms with van der Waals surface area (Å²) in [6.07, 6.45) is 2.26. The summed E-state index contributed by atoms with van der Waals surface area (Å²) in [7, 11) is 0. The lowest BCUT2D eigenvalue weighted by molar-refractivity contribution is 0.929. The van der Waals surface area contributed by atoms with Crippen LogP contribution in [-0.4, -0.2) is 16.0 Å². The highest BCUT2D eigenvalue weighted by atomic mass is 32.2. The number of aryl methyl sites for hydroxylation is 2. The molecule has 0 aliphatic rings. The Morgan fingerprint density at radius 3 is 2.74 bits per heavy atom. The zero-order valence-electron chi connectivity index (χ0n) is 13.0. The Labute approximate surface area is 145 Å². The van der Waals surface area contributed by atoms with Crippen LogP contribution in [-0.2, 0) is 6.42 Å². The monoisotopic (exact) mass is 341 g/mol. The summed E-state index contributed by atoms with van der Waals surface area (Å²) in [6, 6.07) is 18.9. The second kappa shape index (κ2) is 8.13. The lowest BCUT2D eigenvalue weighted by Gasteiger charge is -2.02. The number of benzene rings is 2. The summed E-state index contributed by atoms with van der Waals surface area (Å²) in [6.45, 7) is 2.08. The van der Waals surface area contributed by atoms with Gasteiger partial charge in [-0.05, 0) is 43.0 Å². The van der Waals surface area contributed by atoms with Crippen LogP contribution in [0, 0.1) is 6.92 Å². The standard InChI is InChI=1S/C18H19N3S2/c1-14-7-5-11-16(13-14)19-17-20-21-18(23-17)22-12-6-10-15-8-3-2-4-9-15/h2-5,7-9,11,13H,6,10,12H2,1H3,(H,19,20). The third-order valence-electron chi connectivity index (χ3n) is 3.35. The second-order valence-corrected chi connectivity index (χ2v) is 7.62. The highest BCUT2D eigenvalue weighted by Gasteiger charge is 2.05. The summed E-state index contributed by atoms with van der Waals surface area (Å²) in [5.41, 5.74) is 3.68. The molecule has 3 rings (SSSR count). The van der Waals surface area contributed by atoms with Gasteiger partial charge in [0.1, 0.15) is 0 Å². The summed E-state index contributed by atoms with van der Waals surface area (Å²) in [5, 5.41) is 12.6. The van der Waals surface area contributed by atoms with Crippen LogP contribution in [0.25, 0.3) is 0 Å². The molecule has 0 unspecified atom stereocenters. The van der Waals surface area contributed by atoms with Gasteiger partial charge >= 0.3 is 0 Å². The first-order valence-electron chi connectivity index (χ1n) is 7.63. The molecule has 0 radical (unpaired) electrons. The van der Waals surface area contributed by atoms with Crippen LogP contribution in [0.4, 0.5) is 10.8 Å². The molecule has 0 bridgehead atoms. The van der Waals surface area contributed by atoms with Crippen LogP contribution >= 0.6 is 23.1 Å². The van der Waals surface area contributed by atoms with E-state index in [-0.39, 0.29) is 0 Å². The van der Waals surface area contributed by atoms with Gasteiger partial charge in [0.05, 0.1) is 0 Å². The van der Waals surface area contributed by atoms with Gasteiger partial charge in [-0.2, -0.15) is 0 Å². The first kappa shape index (κ1) is 16.0. The van der Waals surface area contributed by atoms with Gasteiger partial charge < -0.3 is 5.32 Å². The molecule has 23 heavy (non-hydrogen) atoms. The van der Waals surface area contributed by atoms with Gasteiger partial charge in [-0.25, -0.2) is 0 Å². The van der Waals surface area contributed by atoms with Gasteiger partial charge in [-0.1, -0.05) is 65.6 Å². The van der Waals surface area contributed by atoms with E-state index in [1.54, 1.807) is 23.1 Å². The van der Waals surface area contributed by atoms with Crippen molar-refractivity contribution < 1.29 is 0 Å². The normalized spacial score (nSPS) is 10.7. The van der Waals surface area contributed by atoms with Crippen LogP contribution in [0.3, 0.4) is 0 Å². The van der Waals surface area contributed by atoms with Crippen molar-refractivity contribution >= 4 is 33.9 Å². The Morgan fingerprint density at radius 2 is 1.91 bits per heavy atom. The fourth-order valence-corrected chi connectivity index (χ4v) is 4.03. The molecule has 0 aliphatic carbocycles. The van der Waals surface area contributed by atoms with Crippen LogP contribution < -0.4 is 5.32 Å². The number of anilines is 2. The number of thioether (sulfide) groups is 1. The molecule has 0 saturated heterocycles. The van der Waals surface area contributed by atoms with Crippen molar-refractivity contribution in [3.8, 4) is 0 Å². The smallest absolute Gasteiger partial charge is 0.210 e. The Morgan fingerprint density at radius 1 is 1.04 bits per heavy atom. The zero-order valence-corrected chi connectivity index (χ0v) is 14.7. The molecule has 1 aromatic heterocycles. The Balaban J connectivity index is 1.46. The van der Waals surface area contributed by atoms with Crippen molar-refractivity contribution in [2.24, 2.45) is 0 Å². The average Bonchev–Trinajstić information content (AvgIpc) is 3.00. The lowest BCUT2D eigenvalue weighted by Crippen LogP contribution is -1.89. The number of hydrogen-bond acceptors (Lipinski definition) is 5. The van der Waals surface area contributed by atoms with Crippen molar-refractivity contribution in [1.29, 1.82) is 0 Å². The van der Waals surface area contributed by atoms with E-state index in [0.29, 0.717) is 0 Å². The van der Waals surface area contributed by atoms with E-state index in [9.17, 15) is 0 Å². The number of nitrogens with one attached hydrogen (secondary N) is 1. The minimum atomic E-state index is 0.848. The maximum atomic E-state index is 4.25. The van der Waals surface area contributed by atoms with Crippen molar-refractivity contribution in [3.05, 3.63) is 65.7 Å². The lowest BCUT2D eigenvalue weighted by atomic mass is 10.1. The molecule has 3 aromatic rings. The molecule has 2 aromatic carbocycles. The van der Waals surface area contributed by atoms with Gasteiger partial charge in [0, 0.05) is 11.4 Å². The third kappa shape index (κ3) is 5.08.